The van der Waals surface area contributed by atoms with Gasteiger partial charge in [-0.2, -0.15) is 0 Å². The highest BCUT2D eigenvalue weighted by Gasteiger charge is 2.52. The number of ether oxygens (including phenoxy) is 1. The van der Waals surface area contributed by atoms with Crippen molar-refractivity contribution in [1.82, 2.24) is 4.98 Å². The van der Waals surface area contributed by atoms with E-state index in [1.165, 1.54) is 25.6 Å². The maximum Gasteiger partial charge on any atom is 0.325 e. The Hall–Kier alpha value is -2.61. The van der Waals surface area contributed by atoms with Crippen LogP contribution in [0.3, 0.4) is 0 Å². The lowest BCUT2D eigenvalue weighted by atomic mass is 9.73. The first-order valence-electron chi connectivity index (χ1n) is 7.69. The highest BCUT2D eigenvalue weighted by atomic mass is 16.5. The van der Waals surface area contributed by atoms with Crippen molar-refractivity contribution in [2.24, 2.45) is 5.41 Å². The van der Waals surface area contributed by atoms with Crippen molar-refractivity contribution in [1.29, 1.82) is 0 Å². The number of rotatable bonds is 11. The highest BCUT2D eigenvalue weighted by Crippen LogP contribution is 2.32. The highest BCUT2D eigenvalue weighted by molar-refractivity contribution is 6.27. The van der Waals surface area contributed by atoms with Crippen molar-refractivity contribution in [3.63, 3.8) is 0 Å². The zero-order valence-corrected chi connectivity index (χ0v) is 14.2. The van der Waals surface area contributed by atoms with Crippen molar-refractivity contribution in [3.05, 3.63) is 29.6 Å². The fourth-order valence-electron chi connectivity index (χ4n) is 2.55. The van der Waals surface area contributed by atoms with Gasteiger partial charge in [0.15, 0.2) is 17.0 Å². The van der Waals surface area contributed by atoms with E-state index in [1.54, 1.807) is 6.92 Å². The van der Waals surface area contributed by atoms with E-state index in [0.717, 1.165) is 0 Å². The van der Waals surface area contributed by atoms with Gasteiger partial charge in [-0.25, -0.2) is 0 Å². The summed E-state index contributed by atoms with van der Waals surface area (Å²) in [6.07, 6.45) is 2.50. The molecule has 2 N–H and O–H groups in total. The van der Waals surface area contributed by atoms with Crippen molar-refractivity contribution < 1.29 is 34.1 Å². The zero-order chi connectivity index (χ0) is 19.0. The topological polar surface area (TPSA) is 131 Å². The Morgan fingerprint density at radius 1 is 1.16 bits per heavy atom. The predicted molar refractivity (Wildman–Crippen MR) is 86.4 cm³/mol. The first-order chi connectivity index (χ1) is 11.8. The first-order valence-corrected chi connectivity index (χ1v) is 7.69. The summed E-state index contributed by atoms with van der Waals surface area (Å²) in [6.45, 7) is 1.16. The van der Waals surface area contributed by atoms with Crippen LogP contribution in [0.4, 0.5) is 0 Å². The second kappa shape index (κ2) is 9.03. The smallest absolute Gasteiger partial charge is 0.325 e. The zero-order valence-electron chi connectivity index (χ0n) is 14.2. The van der Waals surface area contributed by atoms with E-state index in [9.17, 15) is 24.3 Å². The molecule has 0 aromatic carbocycles. The number of unbranched alkanes of at least 4 members (excludes halogenated alkanes) is 1. The molecule has 0 saturated heterocycles. The Morgan fingerprint density at radius 3 is 2.36 bits per heavy atom. The molecular weight excluding hydrogens is 330 g/mol. The summed E-state index contributed by atoms with van der Waals surface area (Å²) in [5.74, 6) is -4.34. The van der Waals surface area contributed by atoms with Crippen LogP contribution < -0.4 is 0 Å². The number of carboxylic acid groups (broad SMARTS) is 2. The number of aromatic nitrogens is 1. The van der Waals surface area contributed by atoms with Gasteiger partial charge < -0.3 is 14.9 Å². The van der Waals surface area contributed by atoms with Crippen LogP contribution in [0.2, 0.25) is 0 Å². The number of Topliss-reactive ketones (excluding diaryl/α,β-unsaturated/α-hetero) is 2. The molecule has 1 rings (SSSR count). The normalized spacial score (nSPS) is 13.0. The summed E-state index contributed by atoms with van der Waals surface area (Å²) in [5, 5.41) is 18.4. The monoisotopic (exact) mass is 351 g/mol. The molecule has 0 aliphatic heterocycles. The minimum atomic E-state index is -2.32. The van der Waals surface area contributed by atoms with Crippen LogP contribution in [0.1, 0.15) is 41.6 Å². The third-order valence-electron chi connectivity index (χ3n) is 3.83. The Balaban J connectivity index is 3.23. The van der Waals surface area contributed by atoms with Crippen LogP contribution in [-0.4, -0.2) is 52.4 Å². The van der Waals surface area contributed by atoms with Crippen LogP contribution in [0.5, 0.6) is 0 Å². The summed E-state index contributed by atoms with van der Waals surface area (Å²) < 4.78 is 4.74. The quantitative estimate of drug-likeness (QED) is 0.348. The lowest BCUT2D eigenvalue weighted by Gasteiger charge is -2.26. The van der Waals surface area contributed by atoms with E-state index < -0.39 is 35.5 Å². The van der Waals surface area contributed by atoms with Crippen molar-refractivity contribution in [2.75, 3.05) is 13.7 Å². The molecule has 0 bridgehead atoms. The van der Waals surface area contributed by atoms with Crippen molar-refractivity contribution >= 4 is 23.5 Å². The minimum absolute atomic E-state index is 0.0186. The Morgan fingerprint density at radius 2 is 1.84 bits per heavy atom. The summed E-state index contributed by atoms with van der Waals surface area (Å²) in [4.78, 5) is 51.8. The molecule has 1 aromatic rings. The van der Waals surface area contributed by atoms with Crippen LogP contribution >= 0.6 is 0 Å². The third kappa shape index (κ3) is 4.93. The van der Waals surface area contributed by atoms with E-state index in [1.807, 2.05) is 0 Å². The van der Waals surface area contributed by atoms with Gasteiger partial charge in [0.05, 0.1) is 0 Å². The van der Waals surface area contributed by atoms with Gasteiger partial charge in [-0.15, -0.1) is 0 Å². The summed E-state index contributed by atoms with van der Waals surface area (Å²) in [6, 6.07) is 1.46. The molecule has 0 saturated carbocycles. The molecule has 0 radical (unpaired) electrons. The van der Waals surface area contributed by atoms with E-state index in [-0.39, 0.29) is 31.2 Å². The summed E-state index contributed by atoms with van der Waals surface area (Å²) in [5.41, 5.74) is -1.65. The van der Waals surface area contributed by atoms with Crippen LogP contribution in [-0.2, 0) is 19.1 Å². The number of nitrogens with zero attached hydrogens (tertiary/aromatic N) is 1. The molecule has 0 fully saturated rings. The van der Waals surface area contributed by atoms with Gasteiger partial charge >= 0.3 is 11.9 Å². The van der Waals surface area contributed by atoms with E-state index in [0.29, 0.717) is 5.56 Å². The number of pyridine rings is 1. The standard InChI is InChI=1S/C17H21NO7/c1-11-7-12(9-18-8-11)15(22)17(16(23)24,13(19)10-25-2)6-4-3-5-14(20)21/h7-9H,3-6,10H2,1-2H3,(H,20,21)(H,23,24). The van der Waals surface area contributed by atoms with Gasteiger partial charge in [0.25, 0.3) is 0 Å². The van der Waals surface area contributed by atoms with Crippen LogP contribution in [0.25, 0.3) is 0 Å². The van der Waals surface area contributed by atoms with Gasteiger partial charge in [-0.3, -0.25) is 24.2 Å². The Labute approximate surface area is 144 Å². The Kier molecular flexibility index (Phi) is 7.38. The van der Waals surface area contributed by atoms with Crippen LogP contribution in [0.15, 0.2) is 18.5 Å². The predicted octanol–water partition coefficient (Wildman–Crippen LogP) is 1.50. The maximum atomic E-state index is 12.9. The molecule has 0 amide bonds. The number of carbonyl (C=O) groups is 4. The van der Waals surface area contributed by atoms with Crippen LogP contribution in [0, 0.1) is 12.3 Å². The third-order valence-corrected chi connectivity index (χ3v) is 3.83. The van der Waals surface area contributed by atoms with Gasteiger partial charge in [0.2, 0.25) is 0 Å². The van der Waals surface area contributed by atoms with E-state index in [4.69, 9.17) is 9.84 Å². The fourth-order valence-corrected chi connectivity index (χ4v) is 2.55. The molecule has 1 unspecified atom stereocenters. The SMILES string of the molecule is COCC(=O)C(CCCCC(=O)O)(C(=O)O)C(=O)c1cncc(C)c1. The number of ketones is 2. The molecule has 8 heteroatoms. The van der Waals surface area contributed by atoms with Gasteiger partial charge in [0.1, 0.15) is 6.61 Å². The lowest BCUT2D eigenvalue weighted by molar-refractivity contribution is -0.153. The molecule has 0 aliphatic rings. The number of aryl methyl sites for hydroxylation is 1. The molecule has 25 heavy (non-hydrogen) atoms. The summed E-state index contributed by atoms with van der Waals surface area (Å²) in [7, 11) is 1.23. The molecule has 1 aromatic heterocycles. The Bertz CT molecular complexity index is 671. The largest absolute Gasteiger partial charge is 0.481 e. The number of methoxy groups -OCH3 is 1. The number of carbonyl (C=O) groups excluding carboxylic acids is 2. The number of hydrogen-bond acceptors (Lipinski definition) is 6. The average molecular weight is 351 g/mol. The molecular formula is C17H21NO7. The number of hydrogen-bond donors (Lipinski definition) is 2. The maximum absolute atomic E-state index is 12.9. The lowest BCUT2D eigenvalue weighted by Crippen LogP contribution is -2.48. The van der Waals surface area contributed by atoms with Gasteiger partial charge in [-0.1, -0.05) is 6.42 Å². The van der Waals surface area contributed by atoms with E-state index in [2.05, 4.69) is 4.98 Å². The molecule has 1 heterocycles. The number of carboxylic acids is 2. The molecule has 136 valence electrons. The second-order valence-electron chi connectivity index (χ2n) is 5.75. The van der Waals surface area contributed by atoms with Crippen molar-refractivity contribution in [3.8, 4) is 0 Å². The molecule has 0 spiro atoms. The average Bonchev–Trinajstić information content (AvgIpc) is 2.54. The summed E-state index contributed by atoms with van der Waals surface area (Å²) >= 11 is 0. The second-order valence-corrected chi connectivity index (χ2v) is 5.75. The molecule has 8 nitrogen and oxygen atoms in total. The molecule has 1 atom stereocenters. The van der Waals surface area contributed by atoms with E-state index >= 15 is 0 Å². The van der Waals surface area contributed by atoms with Gasteiger partial charge in [-0.05, 0) is 31.4 Å². The first kappa shape index (κ1) is 20.4. The van der Waals surface area contributed by atoms with Crippen molar-refractivity contribution in [2.45, 2.75) is 32.6 Å². The molecule has 0 aliphatic carbocycles. The van der Waals surface area contributed by atoms with Gasteiger partial charge in [0, 0.05) is 31.5 Å². The number of aliphatic carboxylic acids is 2. The fraction of sp³-hybridized carbons (Fsp3) is 0.471. The minimum Gasteiger partial charge on any atom is -0.481 e.